The molecule has 0 radical (unpaired) electrons. The topological polar surface area (TPSA) is 115 Å². The summed E-state index contributed by atoms with van der Waals surface area (Å²) >= 11 is 0. The second-order valence-electron chi connectivity index (χ2n) is 5.95. The van der Waals surface area contributed by atoms with E-state index in [2.05, 4.69) is 4.98 Å². The fraction of sp³-hybridized carbons (Fsp3) is 0.278. The number of aryl methyl sites for hydroxylation is 1. The van der Waals surface area contributed by atoms with Gasteiger partial charge in [0.05, 0.1) is 11.6 Å². The zero-order valence-electron chi connectivity index (χ0n) is 13.5. The van der Waals surface area contributed by atoms with Crippen molar-refractivity contribution in [3.63, 3.8) is 0 Å². The van der Waals surface area contributed by atoms with Crippen molar-refractivity contribution in [2.45, 2.75) is 31.3 Å². The molecule has 3 rings (SSSR count). The largest absolute Gasteiger partial charge is 0.445 e. The summed E-state index contributed by atoms with van der Waals surface area (Å²) in [7, 11) is 0. The number of ether oxygens (including phenoxy) is 1. The number of rotatable bonds is 4. The minimum Gasteiger partial charge on any atom is -0.445 e. The molecule has 0 saturated heterocycles. The van der Waals surface area contributed by atoms with Gasteiger partial charge in [-0.15, -0.1) is 0 Å². The predicted molar refractivity (Wildman–Crippen MR) is 88.8 cm³/mol. The minimum absolute atomic E-state index is 0.00980. The molecule has 0 saturated carbocycles. The first kappa shape index (κ1) is 16.9. The molecule has 2 aromatic rings. The maximum absolute atomic E-state index is 12.4. The van der Waals surface area contributed by atoms with Crippen LogP contribution in [0.1, 0.15) is 40.6 Å². The highest BCUT2D eigenvalue weighted by Gasteiger charge is 2.37. The fourth-order valence-corrected chi connectivity index (χ4v) is 3.50. The van der Waals surface area contributed by atoms with E-state index < -0.39 is 17.9 Å². The zero-order valence-corrected chi connectivity index (χ0v) is 13.5. The van der Waals surface area contributed by atoms with Crippen molar-refractivity contribution in [3.8, 4) is 0 Å². The molecule has 4 N–H and O–H groups in total. The Labute approximate surface area is 144 Å². The summed E-state index contributed by atoms with van der Waals surface area (Å²) < 4.78 is 4.90. The lowest BCUT2D eigenvalue weighted by Gasteiger charge is -2.32. The summed E-state index contributed by atoms with van der Waals surface area (Å²) in [4.78, 5) is 27.7. The van der Waals surface area contributed by atoms with Crippen LogP contribution in [-0.2, 0) is 22.6 Å². The number of nitrogens with zero attached hydrogens (tertiary/aromatic N) is 1. The number of hydrogen-bond donors (Lipinski definition) is 3. The number of fused-ring (bicyclic) bond motifs is 1. The highest BCUT2D eigenvalue weighted by Crippen LogP contribution is 2.42. The lowest BCUT2D eigenvalue weighted by molar-refractivity contribution is -0.131. The highest BCUT2D eigenvalue weighted by molar-refractivity contribution is 5.84. The molecule has 1 aliphatic rings. The number of nitrogens with one attached hydrogen (secondary N) is 1. The van der Waals surface area contributed by atoms with Crippen molar-refractivity contribution < 1.29 is 19.5 Å². The van der Waals surface area contributed by atoms with E-state index in [1.807, 2.05) is 24.3 Å². The second kappa shape index (κ2) is 7.31. The molecule has 0 spiro atoms. The Hall–Kier alpha value is -2.93. The van der Waals surface area contributed by atoms with Crippen molar-refractivity contribution in [1.82, 2.24) is 10.5 Å². The van der Waals surface area contributed by atoms with Gasteiger partial charge in [-0.3, -0.25) is 15.0 Å². The van der Waals surface area contributed by atoms with Gasteiger partial charge in [0, 0.05) is 17.7 Å². The minimum atomic E-state index is -0.867. The fourth-order valence-electron chi connectivity index (χ4n) is 3.50. The second-order valence-corrected chi connectivity index (χ2v) is 5.95. The Balaban J connectivity index is 2.01. The zero-order chi connectivity index (χ0) is 17.8. The van der Waals surface area contributed by atoms with E-state index in [9.17, 15) is 14.8 Å². The molecular formula is C18H19N3O4. The molecule has 0 aliphatic heterocycles. The lowest BCUT2D eigenvalue weighted by Crippen LogP contribution is -2.34. The van der Waals surface area contributed by atoms with E-state index in [-0.39, 0.29) is 12.5 Å². The molecule has 2 unspecified atom stereocenters. The van der Waals surface area contributed by atoms with E-state index in [1.54, 1.807) is 23.8 Å². The van der Waals surface area contributed by atoms with E-state index in [4.69, 9.17) is 10.5 Å². The number of hydroxylamine groups is 1. The first-order valence-corrected chi connectivity index (χ1v) is 7.99. The van der Waals surface area contributed by atoms with Gasteiger partial charge in [0.2, 0.25) is 0 Å². The number of primary amides is 1. The molecule has 7 heteroatoms. The van der Waals surface area contributed by atoms with Crippen molar-refractivity contribution in [1.29, 1.82) is 0 Å². The van der Waals surface area contributed by atoms with Crippen LogP contribution in [0.15, 0.2) is 42.6 Å². The molecular weight excluding hydrogens is 322 g/mol. The van der Waals surface area contributed by atoms with E-state index in [0.29, 0.717) is 17.7 Å². The van der Waals surface area contributed by atoms with Gasteiger partial charge in [-0.2, -0.15) is 0 Å². The van der Waals surface area contributed by atoms with E-state index >= 15 is 0 Å². The first-order valence-electron chi connectivity index (χ1n) is 7.99. The van der Waals surface area contributed by atoms with Crippen LogP contribution in [0.3, 0.4) is 0 Å². The van der Waals surface area contributed by atoms with Crippen molar-refractivity contribution in [2.24, 2.45) is 5.73 Å². The van der Waals surface area contributed by atoms with E-state index in [1.165, 1.54) is 0 Å². The number of carbonyl (C=O) groups is 2. The molecule has 0 fully saturated rings. The van der Waals surface area contributed by atoms with Gasteiger partial charge in [-0.1, -0.05) is 30.3 Å². The quantitative estimate of drug-likeness (QED) is 0.581. The molecule has 1 aromatic carbocycles. The predicted octanol–water partition coefficient (Wildman–Crippen LogP) is 2.00. The van der Waals surface area contributed by atoms with Crippen molar-refractivity contribution in [2.75, 3.05) is 0 Å². The lowest BCUT2D eigenvalue weighted by atomic mass is 9.72. The molecule has 1 aliphatic carbocycles. The van der Waals surface area contributed by atoms with Crippen LogP contribution in [0.2, 0.25) is 0 Å². The summed E-state index contributed by atoms with van der Waals surface area (Å²) in [6, 6.07) is 11.2. The number of benzene rings is 1. The van der Waals surface area contributed by atoms with Gasteiger partial charge in [-0.25, -0.2) is 10.3 Å². The smallest absolute Gasteiger partial charge is 0.404 e. The molecule has 0 bridgehead atoms. The average Bonchev–Trinajstić information content (AvgIpc) is 2.65. The number of amides is 2. The maximum atomic E-state index is 12.4. The van der Waals surface area contributed by atoms with Crippen LogP contribution in [0.4, 0.5) is 4.79 Å². The Bertz CT molecular complexity index is 793. The average molecular weight is 341 g/mol. The summed E-state index contributed by atoms with van der Waals surface area (Å²) in [5.74, 6) is -1.29. The van der Waals surface area contributed by atoms with Gasteiger partial charge in [-0.05, 0) is 30.0 Å². The Kier molecular flexibility index (Phi) is 4.95. The summed E-state index contributed by atoms with van der Waals surface area (Å²) in [6.07, 6.45) is 2.25. The van der Waals surface area contributed by atoms with E-state index in [0.717, 1.165) is 17.5 Å². The number of aromatic nitrogens is 1. The van der Waals surface area contributed by atoms with Crippen LogP contribution in [0.5, 0.6) is 0 Å². The third kappa shape index (κ3) is 3.46. The van der Waals surface area contributed by atoms with Gasteiger partial charge in [0.1, 0.15) is 6.61 Å². The summed E-state index contributed by atoms with van der Waals surface area (Å²) in [6.45, 7) is -0.00980. The van der Waals surface area contributed by atoms with Crippen LogP contribution in [0, 0.1) is 0 Å². The standard InChI is InChI=1S/C18H19N3O4/c19-18(23)25-10-12-5-3-9-20-16(12)14-8-7-11-4-1-2-6-13(11)15(14)17(22)21-24/h1-6,9,14-15,24H,7-8,10H2,(H2,19,23)(H,21,22). The Morgan fingerprint density at radius 2 is 2.08 bits per heavy atom. The molecule has 25 heavy (non-hydrogen) atoms. The van der Waals surface area contributed by atoms with Gasteiger partial charge >= 0.3 is 6.09 Å². The molecule has 2 atom stereocenters. The Morgan fingerprint density at radius 1 is 1.28 bits per heavy atom. The number of carbonyl (C=O) groups excluding carboxylic acids is 2. The third-order valence-electron chi connectivity index (χ3n) is 4.56. The number of nitrogens with two attached hydrogens (primary N) is 1. The molecule has 1 aromatic heterocycles. The summed E-state index contributed by atoms with van der Waals surface area (Å²) in [5, 5.41) is 9.22. The highest BCUT2D eigenvalue weighted by atomic mass is 16.5. The monoisotopic (exact) mass is 341 g/mol. The third-order valence-corrected chi connectivity index (χ3v) is 4.56. The number of pyridine rings is 1. The van der Waals surface area contributed by atoms with Crippen LogP contribution in [-0.4, -0.2) is 22.2 Å². The first-order chi connectivity index (χ1) is 12.1. The molecule has 130 valence electrons. The van der Waals surface area contributed by atoms with Crippen LogP contribution in [0.25, 0.3) is 0 Å². The van der Waals surface area contributed by atoms with Crippen molar-refractivity contribution in [3.05, 3.63) is 65.0 Å². The van der Waals surface area contributed by atoms with Crippen molar-refractivity contribution >= 4 is 12.0 Å². The molecule has 2 amide bonds. The van der Waals surface area contributed by atoms with Gasteiger partial charge < -0.3 is 10.5 Å². The van der Waals surface area contributed by atoms with Crippen LogP contribution < -0.4 is 11.2 Å². The Morgan fingerprint density at radius 3 is 2.84 bits per heavy atom. The van der Waals surface area contributed by atoms with Crippen LogP contribution >= 0.6 is 0 Å². The normalized spacial score (nSPS) is 18.9. The van der Waals surface area contributed by atoms with Gasteiger partial charge in [0.15, 0.2) is 0 Å². The maximum Gasteiger partial charge on any atom is 0.404 e. The SMILES string of the molecule is NC(=O)OCc1cccnc1C1CCc2ccccc2C1C(=O)NO. The molecule has 7 nitrogen and oxygen atoms in total. The summed E-state index contributed by atoms with van der Waals surface area (Å²) in [5.41, 5.74) is 10.1. The number of hydrogen-bond acceptors (Lipinski definition) is 5. The van der Waals surface area contributed by atoms with Gasteiger partial charge in [0.25, 0.3) is 5.91 Å². The molecule has 1 heterocycles.